The molecule has 0 spiro atoms. The van der Waals surface area contributed by atoms with Gasteiger partial charge in [0.15, 0.2) is 0 Å². The molecule has 108 valence electrons. The molecular formula is C19H17N3. The van der Waals surface area contributed by atoms with Gasteiger partial charge in [-0.05, 0) is 34.5 Å². The van der Waals surface area contributed by atoms with E-state index in [0.717, 1.165) is 23.1 Å². The predicted octanol–water partition coefficient (Wildman–Crippen LogP) is 3.89. The molecule has 22 heavy (non-hydrogen) atoms. The van der Waals surface area contributed by atoms with Gasteiger partial charge >= 0.3 is 0 Å². The first kappa shape index (κ1) is 13.0. The van der Waals surface area contributed by atoms with Gasteiger partial charge in [-0.3, -0.25) is 0 Å². The Morgan fingerprint density at radius 1 is 0.909 bits per heavy atom. The number of imidazole rings is 1. The van der Waals surface area contributed by atoms with Crippen LogP contribution in [-0.2, 0) is 6.54 Å². The van der Waals surface area contributed by atoms with Crippen molar-refractivity contribution in [3.05, 3.63) is 78.6 Å². The average Bonchev–Trinajstić information content (AvgIpc) is 2.97. The molecule has 0 fully saturated rings. The number of para-hydroxylation sites is 2. The van der Waals surface area contributed by atoms with Crippen molar-refractivity contribution in [3.8, 4) is 0 Å². The molecule has 3 aromatic carbocycles. The fraction of sp³-hybridized carbons (Fsp3) is 0.105. The summed E-state index contributed by atoms with van der Waals surface area (Å²) in [6, 6.07) is 22.9. The lowest BCUT2D eigenvalue weighted by molar-refractivity contribution is 0.589. The summed E-state index contributed by atoms with van der Waals surface area (Å²) in [7, 11) is 0. The lowest BCUT2D eigenvalue weighted by Gasteiger charge is -2.14. The van der Waals surface area contributed by atoms with Gasteiger partial charge in [0.05, 0.1) is 17.4 Å². The van der Waals surface area contributed by atoms with Crippen molar-refractivity contribution in [1.29, 1.82) is 0 Å². The molecular weight excluding hydrogens is 270 g/mol. The van der Waals surface area contributed by atoms with Crippen LogP contribution >= 0.6 is 0 Å². The molecule has 0 aliphatic heterocycles. The maximum Gasteiger partial charge on any atom is 0.0958 e. The maximum absolute atomic E-state index is 6.42. The molecule has 0 aliphatic rings. The Labute approximate surface area is 129 Å². The van der Waals surface area contributed by atoms with Crippen molar-refractivity contribution in [1.82, 2.24) is 9.55 Å². The minimum atomic E-state index is -0.0535. The first-order valence-electron chi connectivity index (χ1n) is 7.45. The van der Waals surface area contributed by atoms with Crippen molar-refractivity contribution >= 4 is 21.8 Å². The molecule has 4 aromatic rings. The Bertz CT molecular complexity index is 939. The van der Waals surface area contributed by atoms with Crippen LogP contribution in [0, 0.1) is 0 Å². The molecule has 0 saturated heterocycles. The van der Waals surface area contributed by atoms with E-state index in [4.69, 9.17) is 5.73 Å². The van der Waals surface area contributed by atoms with Crippen LogP contribution < -0.4 is 5.73 Å². The molecule has 0 amide bonds. The van der Waals surface area contributed by atoms with E-state index in [0.29, 0.717) is 0 Å². The highest BCUT2D eigenvalue weighted by Gasteiger charge is 2.10. The molecule has 1 aromatic heterocycles. The fourth-order valence-electron chi connectivity index (χ4n) is 2.91. The highest BCUT2D eigenvalue weighted by molar-refractivity contribution is 5.83. The van der Waals surface area contributed by atoms with Crippen LogP contribution in [-0.4, -0.2) is 9.55 Å². The SMILES string of the molecule is NC(Cn1cnc2ccccc21)c1ccc2ccccc2c1. The number of hydrogen-bond acceptors (Lipinski definition) is 2. The number of nitrogens with zero attached hydrogens (tertiary/aromatic N) is 2. The van der Waals surface area contributed by atoms with E-state index in [1.165, 1.54) is 10.8 Å². The van der Waals surface area contributed by atoms with Crippen LogP contribution in [0.1, 0.15) is 11.6 Å². The Morgan fingerprint density at radius 3 is 2.59 bits per heavy atom. The lowest BCUT2D eigenvalue weighted by atomic mass is 10.0. The molecule has 4 rings (SSSR count). The summed E-state index contributed by atoms with van der Waals surface area (Å²) in [6.07, 6.45) is 1.87. The van der Waals surface area contributed by atoms with E-state index in [-0.39, 0.29) is 6.04 Å². The van der Waals surface area contributed by atoms with E-state index < -0.39 is 0 Å². The lowest BCUT2D eigenvalue weighted by Crippen LogP contribution is -2.17. The third-order valence-electron chi connectivity index (χ3n) is 4.12. The van der Waals surface area contributed by atoms with Crippen molar-refractivity contribution < 1.29 is 0 Å². The predicted molar refractivity (Wildman–Crippen MR) is 90.6 cm³/mol. The smallest absolute Gasteiger partial charge is 0.0958 e. The van der Waals surface area contributed by atoms with Crippen LogP contribution in [0.5, 0.6) is 0 Å². The molecule has 1 heterocycles. The van der Waals surface area contributed by atoms with Gasteiger partial charge in [-0.2, -0.15) is 0 Å². The highest BCUT2D eigenvalue weighted by Crippen LogP contribution is 2.21. The second kappa shape index (κ2) is 5.28. The Balaban J connectivity index is 1.66. The summed E-state index contributed by atoms with van der Waals surface area (Å²) in [5.74, 6) is 0. The van der Waals surface area contributed by atoms with E-state index >= 15 is 0 Å². The quantitative estimate of drug-likeness (QED) is 0.621. The van der Waals surface area contributed by atoms with Gasteiger partial charge in [0.1, 0.15) is 0 Å². The zero-order valence-corrected chi connectivity index (χ0v) is 12.2. The normalized spacial score (nSPS) is 12.8. The summed E-state index contributed by atoms with van der Waals surface area (Å²) < 4.78 is 2.12. The summed E-state index contributed by atoms with van der Waals surface area (Å²) >= 11 is 0. The van der Waals surface area contributed by atoms with Gasteiger partial charge in [0, 0.05) is 12.6 Å². The van der Waals surface area contributed by atoms with E-state index in [1.807, 2.05) is 24.5 Å². The maximum atomic E-state index is 6.42. The first-order valence-corrected chi connectivity index (χ1v) is 7.45. The van der Waals surface area contributed by atoms with Gasteiger partial charge in [0.25, 0.3) is 0 Å². The summed E-state index contributed by atoms with van der Waals surface area (Å²) in [5, 5.41) is 2.47. The van der Waals surface area contributed by atoms with Crippen molar-refractivity contribution in [2.24, 2.45) is 5.73 Å². The number of fused-ring (bicyclic) bond motifs is 2. The number of rotatable bonds is 3. The Hall–Kier alpha value is -2.65. The monoisotopic (exact) mass is 287 g/mol. The van der Waals surface area contributed by atoms with Crippen LogP contribution in [0.2, 0.25) is 0 Å². The molecule has 1 unspecified atom stereocenters. The van der Waals surface area contributed by atoms with Crippen LogP contribution in [0.3, 0.4) is 0 Å². The number of aromatic nitrogens is 2. The number of nitrogens with two attached hydrogens (primary N) is 1. The third-order valence-corrected chi connectivity index (χ3v) is 4.12. The first-order chi connectivity index (χ1) is 10.8. The molecule has 2 N–H and O–H groups in total. The highest BCUT2D eigenvalue weighted by atomic mass is 15.1. The molecule has 0 aliphatic carbocycles. The van der Waals surface area contributed by atoms with E-state index in [2.05, 4.69) is 58.1 Å². The minimum absolute atomic E-state index is 0.0535. The molecule has 0 radical (unpaired) electrons. The Morgan fingerprint density at radius 2 is 1.68 bits per heavy atom. The van der Waals surface area contributed by atoms with Gasteiger partial charge < -0.3 is 10.3 Å². The molecule has 3 nitrogen and oxygen atoms in total. The minimum Gasteiger partial charge on any atom is -0.329 e. The van der Waals surface area contributed by atoms with Gasteiger partial charge in [0.2, 0.25) is 0 Å². The molecule has 3 heteroatoms. The fourth-order valence-corrected chi connectivity index (χ4v) is 2.91. The summed E-state index contributed by atoms with van der Waals surface area (Å²) in [4.78, 5) is 4.42. The summed E-state index contributed by atoms with van der Waals surface area (Å²) in [5.41, 5.74) is 9.70. The zero-order valence-electron chi connectivity index (χ0n) is 12.2. The van der Waals surface area contributed by atoms with Crippen molar-refractivity contribution in [3.63, 3.8) is 0 Å². The molecule has 0 bridgehead atoms. The van der Waals surface area contributed by atoms with Crippen molar-refractivity contribution in [2.45, 2.75) is 12.6 Å². The van der Waals surface area contributed by atoms with Gasteiger partial charge in [-0.25, -0.2) is 4.98 Å². The van der Waals surface area contributed by atoms with Crippen LogP contribution in [0.15, 0.2) is 73.1 Å². The zero-order chi connectivity index (χ0) is 14.9. The van der Waals surface area contributed by atoms with E-state index in [1.54, 1.807) is 0 Å². The Kier molecular flexibility index (Phi) is 3.13. The standard InChI is InChI=1S/C19H17N3/c20-17(12-22-13-21-18-7-3-4-8-19(18)22)16-10-9-14-5-1-2-6-15(14)11-16/h1-11,13,17H,12,20H2. The second-order valence-corrected chi connectivity index (χ2v) is 5.60. The largest absolute Gasteiger partial charge is 0.329 e. The number of benzene rings is 3. The van der Waals surface area contributed by atoms with Crippen LogP contribution in [0.4, 0.5) is 0 Å². The number of hydrogen-bond donors (Lipinski definition) is 1. The third kappa shape index (κ3) is 2.26. The average molecular weight is 287 g/mol. The molecule has 0 saturated carbocycles. The van der Waals surface area contributed by atoms with E-state index in [9.17, 15) is 0 Å². The van der Waals surface area contributed by atoms with Crippen molar-refractivity contribution in [2.75, 3.05) is 0 Å². The topological polar surface area (TPSA) is 43.8 Å². The second-order valence-electron chi connectivity index (χ2n) is 5.60. The van der Waals surface area contributed by atoms with Crippen LogP contribution in [0.25, 0.3) is 21.8 Å². The molecule has 1 atom stereocenters. The summed E-state index contributed by atoms with van der Waals surface area (Å²) in [6.45, 7) is 0.721. The van der Waals surface area contributed by atoms with Gasteiger partial charge in [-0.15, -0.1) is 0 Å². The van der Waals surface area contributed by atoms with Gasteiger partial charge in [-0.1, -0.05) is 48.5 Å².